The highest BCUT2D eigenvalue weighted by atomic mass is 16.5. The summed E-state index contributed by atoms with van der Waals surface area (Å²) >= 11 is 0. The first-order valence-electron chi connectivity index (χ1n) is 12.9. The lowest BCUT2D eigenvalue weighted by atomic mass is 10.2. The van der Waals surface area contributed by atoms with Crippen molar-refractivity contribution < 1.29 is 4.74 Å². The zero-order valence-corrected chi connectivity index (χ0v) is 22.1. The van der Waals surface area contributed by atoms with Crippen molar-refractivity contribution in [2.45, 2.75) is 26.8 Å². The first-order chi connectivity index (χ1) is 18.5. The van der Waals surface area contributed by atoms with Crippen LogP contribution in [0.25, 0.3) is 22.6 Å². The number of benzene rings is 1. The van der Waals surface area contributed by atoms with Gasteiger partial charge in [0.1, 0.15) is 5.75 Å². The Bertz CT molecular complexity index is 1450. The molecule has 3 aromatic heterocycles. The topological polar surface area (TPSA) is 120 Å². The van der Waals surface area contributed by atoms with Crippen molar-refractivity contribution in [2.75, 3.05) is 39.3 Å². The van der Waals surface area contributed by atoms with Gasteiger partial charge in [0.05, 0.1) is 13.2 Å². The van der Waals surface area contributed by atoms with E-state index in [1.54, 1.807) is 18.5 Å². The molecule has 0 spiro atoms. The molecular weight excluding hydrogens is 484 g/mol. The first kappa shape index (κ1) is 27.1. The Balaban J connectivity index is 1.42. The van der Waals surface area contributed by atoms with Crippen LogP contribution in [0.15, 0.2) is 58.4 Å². The maximum Gasteiger partial charge on any atom is 0.332 e. The van der Waals surface area contributed by atoms with Crippen molar-refractivity contribution in [3.8, 4) is 17.1 Å². The van der Waals surface area contributed by atoms with Gasteiger partial charge < -0.3 is 15.0 Å². The van der Waals surface area contributed by atoms with E-state index in [9.17, 15) is 9.59 Å². The fraction of sp³-hybridized carbons (Fsp3) is 0.407. The fourth-order valence-corrected chi connectivity index (χ4v) is 4.09. The number of rotatable bonds is 13. The third kappa shape index (κ3) is 6.48. The molecule has 200 valence electrons. The van der Waals surface area contributed by atoms with Crippen molar-refractivity contribution in [3.05, 3.63) is 75.2 Å². The highest BCUT2D eigenvalue weighted by molar-refractivity contribution is 5.71. The Hall–Kier alpha value is -3.96. The SMILES string of the molecule is CCN(CC)CCNCCCOc1ccc(-c2nnc3c(n2)c(=O)n(C)c(=O)n3Cc2cccnc2)cc1. The maximum atomic E-state index is 12.8. The van der Waals surface area contributed by atoms with Gasteiger partial charge in [-0.15, -0.1) is 10.2 Å². The lowest BCUT2D eigenvalue weighted by Gasteiger charge is -2.17. The molecule has 3 heterocycles. The van der Waals surface area contributed by atoms with Gasteiger partial charge in [-0.2, -0.15) is 0 Å². The summed E-state index contributed by atoms with van der Waals surface area (Å²) in [4.78, 5) is 36.6. The minimum atomic E-state index is -0.519. The summed E-state index contributed by atoms with van der Waals surface area (Å²) in [5, 5.41) is 11.9. The van der Waals surface area contributed by atoms with Crippen LogP contribution in [0.1, 0.15) is 25.8 Å². The quantitative estimate of drug-likeness (QED) is 0.264. The average Bonchev–Trinajstić information content (AvgIpc) is 2.96. The Morgan fingerprint density at radius 1 is 1.03 bits per heavy atom. The summed E-state index contributed by atoms with van der Waals surface area (Å²) in [7, 11) is 1.43. The van der Waals surface area contributed by atoms with Crippen LogP contribution in [0.4, 0.5) is 0 Å². The van der Waals surface area contributed by atoms with Crippen LogP contribution in [-0.4, -0.2) is 73.5 Å². The van der Waals surface area contributed by atoms with E-state index in [1.807, 2.05) is 30.3 Å². The van der Waals surface area contributed by atoms with Gasteiger partial charge in [0.25, 0.3) is 5.56 Å². The number of nitrogens with zero attached hydrogens (tertiary/aromatic N) is 7. The summed E-state index contributed by atoms with van der Waals surface area (Å²) in [6.07, 6.45) is 4.22. The van der Waals surface area contributed by atoms with Crippen LogP contribution in [0.5, 0.6) is 5.75 Å². The van der Waals surface area contributed by atoms with Gasteiger partial charge >= 0.3 is 5.69 Å². The molecule has 0 atom stereocenters. The molecule has 0 amide bonds. The highest BCUT2D eigenvalue weighted by Gasteiger charge is 2.16. The third-order valence-corrected chi connectivity index (χ3v) is 6.39. The maximum absolute atomic E-state index is 12.8. The molecule has 11 nitrogen and oxygen atoms in total. The van der Waals surface area contributed by atoms with Crippen molar-refractivity contribution >= 4 is 11.2 Å². The molecule has 1 aromatic carbocycles. The number of likely N-dealkylation sites (N-methyl/N-ethyl adjacent to an activating group) is 1. The lowest BCUT2D eigenvalue weighted by molar-refractivity contribution is 0.291. The molecule has 38 heavy (non-hydrogen) atoms. The molecule has 0 saturated carbocycles. The number of nitrogens with one attached hydrogen (secondary N) is 1. The van der Waals surface area contributed by atoms with E-state index in [-0.39, 0.29) is 17.7 Å². The smallest absolute Gasteiger partial charge is 0.332 e. The van der Waals surface area contributed by atoms with E-state index in [0.717, 1.165) is 55.0 Å². The highest BCUT2D eigenvalue weighted by Crippen LogP contribution is 2.20. The Labute approximate surface area is 221 Å². The Morgan fingerprint density at radius 2 is 1.82 bits per heavy atom. The van der Waals surface area contributed by atoms with Gasteiger partial charge in [0.15, 0.2) is 17.0 Å². The molecule has 0 unspecified atom stereocenters. The molecule has 0 aliphatic heterocycles. The molecule has 1 N–H and O–H groups in total. The predicted molar refractivity (Wildman–Crippen MR) is 146 cm³/mol. The zero-order valence-electron chi connectivity index (χ0n) is 22.1. The molecule has 0 bridgehead atoms. The molecule has 4 aromatic rings. The van der Waals surface area contributed by atoms with Crippen LogP contribution in [0.3, 0.4) is 0 Å². The number of hydrogen-bond donors (Lipinski definition) is 1. The van der Waals surface area contributed by atoms with Crippen molar-refractivity contribution in [1.29, 1.82) is 0 Å². The predicted octanol–water partition coefficient (Wildman–Crippen LogP) is 1.70. The number of ether oxygens (including phenoxy) is 1. The van der Waals surface area contributed by atoms with Gasteiger partial charge in [-0.1, -0.05) is 19.9 Å². The largest absolute Gasteiger partial charge is 0.494 e. The van der Waals surface area contributed by atoms with Gasteiger partial charge in [-0.3, -0.25) is 18.9 Å². The Kier molecular flexibility index (Phi) is 9.28. The minimum Gasteiger partial charge on any atom is -0.494 e. The summed E-state index contributed by atoms with van der Waals surface area (Å²) in [5.74, 6) is 1.04. The summed E-state index contributed by atoms with van der Waals surface area (Å²) in [5.41, 5.74) is 0.694. The van der Waals surface area contributed by atoms with Crippen molar-refractivity contribution in [3.63, 3.8) is 0 Å². The molecule has 11 heteroatoms. The minimum absolute atomic E-state index is 0.0785. The van der Waals surface area contributed by atoms with Crippen molar-refractivity contribution in [2.24, 2.45) is 7.05 Å². The van der Waals surface area contributed by atoms with E-state index < -0.39 is 11.2 Å². The van der Waals surface area contributed by atoms with E-state index in [1.165, 1.54) is 11.6 Å². The van der Waals surface area contributed by atoms with E-state index in [4.69, 9.17) is 4.74 Å². The second-order valence-corrected chi connectivity index (χ2v) is 8.91. The zero-order chi connectivity index (χ0) is 26.9. The second-order valence-electron chi connectivity index (χ2n) is 8.91. The number of aromatic nitrogens is 6. The van der Waals surface area contributed by atoms with Gasteiger partial charge in [-0.05, 0) is 62.0 Å². The fourth-order valence-electron chi connectivity index (χ4n) is 4.09. The van der Waals surface area contributed by atoms with Crippen LogP contribution < -0.4 is 21.3 Å². The second kappa shape index (κ2) is 13.0. The third-order valence-electron chi connectivity index (χ3n) is 6.39. The number of hydrogen-bond acceptors (Lipinski definition) is 9. The normalized spacial score (nSPS) is 11.4. The van der Waals surface area contributed by atoms with E-state index >= 15 is 0 Å². The van der Waals surface area contributed by atoms with Crippen LogP contribution >= 0.6 is 0 Å². The van der Waals surface area contributed by atoms with Gasteiger partial charge in [-0.25, -0.2) is 9.78 Å². The Morgan fingerprint density at radius 3 is 2.53 bits per heavy atom. The number of pyridine rings is 1. The molecule has 4 rings (SSSR count). The lowest BCUT2D eigenvalue weighted by Crippen LogP contribution is -2.39. The molecule has 0 aliphatic rings. The molecule has 0 aliphatic carbocycles. The average molecular weight is 519 g/mol. The monoisotopic (exact) mass is 518 g/mol. The molecule has 0 saturated heterocycles. The standard InChI is InChI=1S/C27H34N8O3/c1-4-34(5-2)16-15-28-14-7-17-38-22-11-9-21(10-12-22)24-30-23-25(32-31-24)35(27(37)33(3)26(23)36)19-20-8-6-13-29-18-20/h6,8-13,18,28H,4-5,7,14-17,19H2,1-3H3. The summed E-state index contributed by atoms with van der Waals surface area (Å²) < 4.78 is 8.27. The van der Waals surface area contributed by atoms with Crippen molar-refractivity contribution in [1.82, 2.24) is 39.5 Å². The summed E-state index contributed by atoms with van der Waals surface area (Å²) in [6.45, 7) is 10.2. The van der Waals surface area contributed by atoms with Gasteiger partial charge in [0, 0.05) is 38.1 Å². The first-order valence-corrected chi connectivity index (χ1v) is 12.9. The van der Waals surface area contributed by atoms with Crippen LogP contribution in [-0.2, 0) is 13.6 Å². The van der Waals surface area contributed by atoms with Gasteiger partial charge in [0.2, 0.25) is 0 Å². The van der Waals surface area contributed by atoms with E-state index in [0.29, 0.717) is 18.0 Å². The molecular formula is C27H34N8O3. The summed E-state index contributed by atoms with van der Waals surface area (Å²) in [6, 6.07) is 11.0. The van der Waals surface area contributed by atoms with Crippen LogP contribution in [0.2, 0.25) is 0 Å². The number of fused-ring (bicyclic) bond motifs is 1. The van der Waals surface area contributed by atoms with Crippen LogP contribution in [0, 0.1) is 0 Å². The van der Waals surface area contributed by atoms with E-state index in [2.05, 4.69) is 44.2 Å². The molecule has 0 radical (unpaired) electrons. The molecule has 0 fully saturated rings.